The number of Topliss-reactive ketones (excluding diaryl/α,β-unsaturated/α-hetero) is 1. The van der Waals surface area contributed by atoms with Crippen LogP contribution in [0.15, 0.2) is 0 Å². The highest BCUT2D eigenvalue weighted by Gasteiger charge is 2.23. The molecule has 17 heavy (non-hydrogen) atoms. The van der Waals surface area contributed by atoms with Crippen molar-refractivity contribution in [1.82, 2.24) is 0 Å². The fourth-order valence-electron chi connectivity index (χ4n) is 2.38. The third-order valence-corrected chi connectivity index (χ3v) is 3.77. The summed E-state index contributed by atoms with van der Waals surface area (Å²) in [6, 6.07) is 0. The van der Waals surface area contributed by atoms with E-state index < -0.39 is 0 Å². The Morgan fingerprint density at radius 3 is 1.94 bits per heavy atom. The molecule has 0 amide bonds. The first kappa shape index (κ1) is 14.7. The third-order valence-electron chi connectivity index (χ3n) is 3.77. The third kappa shape index (κ3) is 9.38. The van der Waals surface area contributed by atoms with Crippen LogP contribution in [-0.4, -0.2) is 5.78 Å². The molecule has 1 saturated carbocycles. The number of carbonyl (C=O) groups is 1. The Balaban J connectivity index is 1.73. The van der Waals surface area contributed by atoms with E-state index in [0.29, 0.717) is 5.78 Å². The molecule has 0 atom stereocenters. The van der Waals surface area contributed by atoms with E-state index in [2.05, 4.69) is 6.92 Å². The summed E-state index contributed by atoms with van der Waals surface area (Å²) in [6.45, 7) is 2.26. The summed E-state index contributed by atoms with van der Waals surface area (Å²) >= 11 is 0. The zero-order valence-electron chi connectivity index (χ0n) is 11.7. The molecule has 0 aromatic heterocycles. The van der Waals surface area contributed by atoms with Crippen molar-refractivity contribution >= 4 is 5.78 Å². The molecule has 1 nitrogen and oxygen atoms in total. The Morgan fingerprint density at radius 1 is 0.882 bits per heavy atom. The number of carbonyl (C=O) groups excluding carboxylic acids is 1. The Hall–Kier alpha value is -0.330. The summed E-state index contributed by atoms with van der Waals surface area (Å²) in [5.74, 6) is 1.30. The Kier molecular flexibility index (Phi) is 8.38. The summed E-state index contributed by atoms with van der Waals surface area (Å²) in [4.78, 5) is 11.5. The maximum Gasteiger partial charge on any atom is 0.133 e. The van der Waals surface area contributed by atoms with Gasteiger partial charge >= 0.3 is 0 Å². The van der Waals surface area contributed by atoms with Gasteiger partial charge in [0.1, 0.15) is 5.78 Å². The highest BCUT2D eigenvalue weighted by atomic mass is 16.1. The van der Waals surface area contributed by atoms with Crippen LogP contribution in [0.2, 0.25) is 0 Å². The molecule has 1 fully saturated rings. The number of ketones is 1. The minimum Gasteiger partial charge on any atom is -0.300 e. The van der Waals surface area contributed by atoms with Crippen LogP contribution < -0.4 is 0 Å². The van der Waals surface area contributed by atoms with Gasteiger partial charge in [-0.05, 0) is 25.2 Å². The van der Waals surface area contributed by atoms with Crippen molar-refractivity contribution in [2.75, 3.05) is 0 Å². The van der Waals surface area contributed by atoms with E-state index in [1.165, 1.54) is 64.2 Å². The van der Waals surface area contributed by atoms with Crippen LogP contribution in [-0.2, 0) is 4.79 Å². The van der Waals surface area contributed by atoms with E-state index in [4.69, 9.17) is 0 Å². The highest BCUT2D eigenvalue weighted by molar-refractivity contribution is 5.78. The largest absolute Gasteiger partial charge is 0.300 e. The predicted molar refractivity (Wildman–Crippen MR) is 74.2 cm³/mol. The first-order chi connectivity index (χ1) is 8.33. The maximum absolute atomic E-state index is 11.5. The van der Waals surface area contributed by atoms with E-state index in [1.807, 2.05) is 0 Å². The lowest BCUT2D eigenvalue weighted by Crippen LogP contribution is -1.98. The topological polar surface area (TPSA) is 17.1 Å². The summed E-state index contributed by atoms with van der Waals surface area (Å²) < 4.78 is 0. The normalized spacial score (nSPS) is 15.1. The molecule has 0 aromatic carbocycles. The van der Waals surface area contributed by atoms with Gasteiger partial charge in [-0.3, -0.25) is 4.79 Å². The lowest BCUT2D eigenvalue weighted by atomic mass is 10.0. The van der Waals surface area contributed by atoms with Crippen molar-refractivity contribution < 1.29 is 4.79 Å². The Bertz CT molecular complexity index is 194. The summed E-state index contributed by atoms with van der Waals surface area (Å²) in [7, 11) is 0. The molecular formula is C16H30O. The van der Waals surface area contributed by atoms with Crippen molar-refractivity contribution in [3.05, 3.63) is 0 Å². The average Bonchev–Trinajstić information content (AvgIpc) is 3.11. The number of unbranched alkanes of at least 4 members (excludes halogenated alkanes) is 8. The zero-order chi connectivity index (χ0) is 12.3. The summed E-state index contributed by atoms with van der Waals surface area (Å²) in [5.41, 5.74) is 0. The van der Waals surface area contributed by atoms with E-state index in [1.54, 1.807) is 0 Å². The summed E-state index contributed by atoms with van der Waals surface area (Å²) in [6.07, 6.45) is 16.4. The molecule has 0 unspecified atom stereocenters. The van der Waals surface area contributed by atoms with Crippen LogP contribution in [0.1, 0.15) is 90.4 Å². The predicted octanol–water partition coefficient (Wildman–Crippen LogP) is 5.28. The number of hydrogen-bond donors (Lipinski definition) is 0. The van der Waals surface area contributed by atoms with Gasteiger partial charge < -0.3 is 0 Å². The van der Waals surface area contributed by atoms with E-state index in [9.17, 15) is 4.79 Å². The van der Waals surface area contributed by atoms with Crippen molar-refractivity contribution in [3.8, 4) is 0 Å². The zero-order valence-corrected chi connectivity index (χ0v) is 11.7. The Morgan fingerprint density at radius 2 is 1.41 bits per heavy atom. The van der Waals surface area contributed by atoms with Gasteiger partial charge in [0.2, 0.25) is 0 Å². The Labute approximate surface area is 107 Å². The maximum atomic E-state index is 11.5. The molecule has 1 aliphatic carbocycles. The van der Waals surface area contributed by atoms with Crippen LogP contribution in [0, 0.1) is 5.92 Å². The number of rotatable bonds is 12. The molecule has 0 spiro atoms. The lowest BCUT2D eigenvalue weighted by Gasteiger charge is -2.02. The second kappa shape index (κ2) is 9.67. The van der Waals surface area contributed by atoms with Crippen LogP contribution >= 0.6 is 0 Å². The van der Waals surface area contributed by atoms with Gasteiger partial charge in [0.05, 0.1) is 0 Å². The summed E-state index contributed by atoms with van der Waals surface area (Å²) in [5, 5.41) is 0. The molecule has 0 heterocycles. The van der Waals surface area contributed by atoms with Crippen LogP contribution in [0.3, 0.4) is 0 Å². The van der Waals surface area contributed by atoms with Gasteiger partial charge in [0, 0.05) is 12.8 Å². The highest BCUT2D eigenvalue weighted by Crippen LogP contribution is 2.33. The first-order valence-corrected chi connectivity index (χ1v) is 7.84. The van der Waals surface area contributed by atoms with E-state index in [-0.39, 0.29) is 0 Å². The van der Waals surface area contributed by atoms with Gasteiger partial charge in [0.25, 0.3) is 0 Å². The standard InChI is InChI=1S/C16H30O/c1-2-3-4-5-6-7-8-9-10-11-16(17)14-15-12-13-15/h15H,2-14H2,1H3. The average molecular weight is 238 g/mol. The fourth-order valence-corrected chi connectivity index (χ4v) is 2.38. The van der Waals surface area contributed by atoms with E-state index in [0.717, 1.165) is 25.2 Å². The molecule has 0 bridgehead atoms. The van der Waals surface area contributed by atoms with Crippen molar-refractivity contribution in [2.24, 2.45) is 5.92 Å². The van der Waals surface area contributed by atoms with Gasteiger partial charge in [0.15, 0.2) is 0 Å². The van der Waals surface area contributed by atoms with Crippen molar-refractivity contribution in [3.63, 3.8) is 0 Å². The molecule has 0 N–H and O–H groups in total. The van der Waals surface area contributed by atoms with Gasteiger partial charge in [-0.15, -0.1) is 0 Å². The SMILES string of the molecule is CCCCCCCCCCCC(=O)CC1CC1. The molecule has 1 rings (SSSR count). The monoisotopic (exact) mass is 238 g/mol. The molecule has 0 radical (unpaired) electrons. The second-order valence-corrected chi connectivity index (χ2v) is 5.76. The molecular weight excluding hydrogens is 208 g/mol. The number of hydrogen-bond acceptors (Lipinski definition) is 1. The molecule has 100 valence electrons. The van der Waals surface area contributed by atoms with Crippen LogP contribution in [0.25, 0.3) is 0 Å². The molecule has 1 aliphatic rings. The van der Waals surface area contributed by atoms with Crippen LogP contribution in [0.4, 0.5) is 0 Å². The molecule has 0 aliphatic heterocycles. The fraction of sp³-hybridized carbons (Fsp3) is 0.938. The second-order valence-electron chi connectivity index (χ2n) is 5.76. The van der Waals surface area contributed by atoms with Gasteiger partial charge in [-0.2, -0.15) is 0 Å². The minimum absolute atomic E-state index is 0.524. The first-order valence-electron chi connectivity index (χ1n) is 7.84. The molecule has 0 aromatic rings. The smallest absolute Gasteiger partial charge is 0.133 e. The minimum atomic E-state index is 0.524. The lowest BCUT2D eigenvalue weighted by molar-refractivity contribution is -0.119. The van der Waals surface area contributed by atoms with Crippen molar-refractivity contribution in [1.29, 1.82) is 0 Å². The molecule has 0 saturated heterocycles. The van der Waals surface area contributed by atoms with E-state index >= 15 is 0 Å². The van der Waals surface area contributed by atoms with Gasteiger partial charge in [-0.25, -0.2) is 0 Å². The quantitative estimate of drug-likeness (QED) is 0.423. The van der Waals surface area contributed by atoms with Crippen LogP contribution in [0.5, 0.6) is 0 Å². The van der Waals surface area contributed by atoms with Gasteiger partial charge in [-0.1, -0.05) is 58.3 Å². The van der Waals surface area contributed by atoms with Crippen molar-refractivity contribution in [2.45, 2.75) is 90.4 Å². The molecule has 1 heteroatoms.